The molecule has 0 saturated carbocycles. The number of aromatic amines is 1. The van der Waals surface area contributed by atoms with Crippen LogP contribution in [-0.2, 0) is 0 Å². The fourth-order valence-corrected chi connectivity index (χ4v) is 1.87. The molecule has 0 atom stereocenters. The monoisotopic (exact) mass is 269 g/mol. The minimum atomic E-state index is 0.558. The van der Waals surface area contributed by atoms with Crippen LogP contribution in [0, 0.1) is 6.92 Å². The highest BCUT2D eigenvalue weighted by Gasteiger charge is 2.04. The first-order chi connectivity index (χ1) is 9.83. The highest BCUT2D eigenvalue weighted by atomic mass is 16.5. The lowest BCUT2D eigenvalue weighted by atomic mass is 10.2. The molecule has 3 aromatic rings. The van der Waals surface area contributed by atoms with Crippen molar-refractivity contribution in [1.82, 2.24) is 19.9 Å². The number of anilines is 1. The number of aryl methyl sites for hydroxylation is 1. The largest absolute Gasteiger partial charge is 0.492 e. The van der Waals surface area contributed by atoms with Crippen LogP contribution in [0.1, 0.15) is 5.56 Å². The zero-order valence-electron chi connectivity index (χ0n) is 11.1. The average molecular weight is 269 g/mol. The van der Waals surface area contributed by atoms with Crippen LogP contribution in [-0.4, -0.2) is 33.1 Å². The van der Waals surface area contributed by atoms with E-state index >= 15 is 0 Å². The van der Waals surface area contributed by atoms with E-state index in [1.807, 2.05) is 24.3 Å². The minimum absolute atomic E-state index is 0.558. The first-order valence-electron chi connectivity index (χ1n) is 6.40. The summed E-state index contributed by atoms with van der Waals surface area (Å²) in [7, 11) is 0. The zero-order valence-corrected chi connectivity index (χ0v) is 11.1. The summed E-state index contributed by atoms with van der Waals surface area (Å²) in [6.07, 6.45) is 3.10. The third-order valence-electron chi connectivity index (χ3n) is 2.91. The lowest BCUT2D eigenvalue weighted by Crippen LogP contribution is -2.12. The topological polar surface area (TPSA) is 75.7 Å². The van der Waals surface area contributed by atoms with E-state index < -0.39 is 0 Å². The first-order valence-corrected chi connectivity index (χ1v) is 6.40. The number of H-pyrrole nitrogens is 1. The Bertz CT molecular complexity index is 692. The van der Waals surface area contributed by atoms with Crippen molar-refractivity contribution in [2.24, 2.45) is 0 Å². The summed E-state index contributed by atoms with van der Waals surface area (Å²) < 4.78 is 5.64. The van der Waals surface area contributed by atoms with Crippen molar-refractivity contribution < 1.29 is 4.74 Å². The molecule has 0 aliphatic heterocycles. The average Bonchev–Trinajstić information content (AvgIpc) is 2.94. The molecule has 0 spiro atoms. The van der Waals surface area contributed by atoms with E-state index in [0.29, 0.717) is 18.8 Å². The van der Waals surface area contributed by atoms with E-state index in [2.05, 4.69) is 32.2 Å². The second kappa shape index (κ2) is 5.56. The summed E-state index contributed by atoms with van der Waals surface area (Å²) in [5.74, 6) is 1.60. The fraction of sp³-hybridized carbons (Fsp3) is 0.214. The summed E-state index contributed by atoms with van der Waals surface area (Å²) in [5, 5.41) is 3.21. The van der Waals surface area contributed by atoms with Crippen molar-refractivity contribution in [1.29, 1.82) is 0 Å². The van der Waals surface area contributed by atoms with Crippen LogP contribution < -0.4 is 10.1 Å². The number of ether oxygens (including phenoxy) is 1. The molecule has 0 aliphatic carbocycles. The Morgan fingerprint density at radius 2 is 2.00 bits per heavy atom. The molecule has 0 amide bonds. The lowest BCUT2D eigenvalue weighted by molar-refractivity contribution is 0.332. The first kappa shape index (κ1) is 12.4. The molecule has 102 valence electrons. The molecule has 1 aromatic carbocycles. The molecule has 6 heteroatoms. The van der Waals surface area contributed by atoms with Crippen LogP contribution in [0.4, 0.5) is 5.82 Å². The summed E-state index contributed by atoms with van der Waals surface area (Å²) in [5.41, 5.74) is 2.68. The molecule has 6 nitrogen and oxygen atoms in total. The van der Waals surface area contributed by atoms with Crippen LogP contribution in [0.5, 0.6) is 5.75 Å². The van der Waals surface area contributed by atoms with Gasteiger partial charge >= 0.3 is 0 Å². The molecular formula is C14H15N5O. The maximum atomic E-state index is 5.64. The molecule has 0 unspecified atom stereocenters. The molecule has 20 heavy (non-hydrogen) atoms. The Kier molecular flexibility index (Phi) is 3.45. The van der Waals surface area contributed by atoms with Gasteiger partial charge in [-0.3, -0.25) is 0 Å². The highest BCUT2D eigenvalue weighted by molar-refractivity contribution is 5.81. The maximum Gasteiger partial charge on any atom is 0.182 e. The van der Waals surface area contributed by atoms with E-state index in [1.165, 1.54) is 11.9 Å². The van der Waals surface area contributed by atoms with E-state index in [-0.39, 0.29) is 0 Å². The van der Waals surface area contributed by atoms with Gasteiger partial charge in [0.2, 0.25) is 0 Å². The Labute approximate surface area is 116 Å². The molecule has 0 aliphatic rings. The van der Waals surface area contributed by atoms with Crippen molar-refractivity contribution in [3.63, 3.8) is 0 Å². The van der Waals surface area contributed by atoms with Crippen LogP contribution >= 0.6 is 0 Å². The van der Waals surface area contributed by atoms with Crippen molar-refractivity contribution in [2.75, 3.05) is 18.5 Å². The number of rotatable bonds is 5. The number of nitrogens with zero attached hydrogens (tertiary/aromatic N) is 3. The molecule has 0 fully saturated rings. The van der Waals surface area contributed by atoms with Gasteiger partial charge in [-0.2, -0.15) is 0 Å². The second-order valence-corrected chi connectivity index (χ2v) is 4.41. The van der Waals surface area contributed by atoms with Gasteiger partial charge in [-0.15, -0.1) is 0 Å². The number of hydrogen-bond acceptors (Lipinski definition) is 5. The van der Waals surface area contributed by atoms with E-state index in [4.69, 9.17) is 4.74 Å². The van der Waals surface area contributed by atoms with Crippen molar-refractivity contribution in [3.8, 4) is 5.75 Å². The van der Waals surface area contributed by atoms with Crippen molar-refractivity contribution >= 4 is 17.0 Å². The SMILES string of the molecule is Cc1ccc(OCCNc2ncnc3nc[nH]c23)cc1. The van der Waals surface area contributed by atoms with Crippen LogP contribution in [0.3, 0.4) is 0 Å². The Balaban J connectivity index is 1.55. The van der Waals surface area contributed by atoms with Crippen LogP contribution in [0.25, 0.3) is 11.2 Å². The third kappa shape index (κ3) is 2.69. The molecule has 0 radical (unpaired) electrons. The molecule has 0 bridgehead atoms. The molecule has 0 saturated heterocycles. The van der Waals surface area contributed by atoms with Gasteiger partial charge < -0.3 is 15.0 Å². The van der Waals surface area contributed by atoms with Gasteiger partial charge in [-0.25, -0.2) is 15.0 Å². The molecular weight excluding hydrogens is 254 g/mol. The smallest absolute Gasteiger partial charge is 0.182 e. The number of aromatic nitrogens is 4. The van der Waals surface area contributed by atoms with Gasteiger partial charge in [0.1, 0.15) is 24.2 Å². The van der Waals surface area contributed by atoms with Crippen molar-refractivity contribution in [3.05, 3.63) is 42.5 Å². The van der Waals surface area contributed by atoms with Gasteiger partial charge in [0.15, 0.2) is 11.5 Å². The van der Waals surface area contributed by atoms with E-state index in [1.54, 1.807) is 6.33 Å². The fourth-order valence-electron chi connectivity index (χ4n) is 1.87. The van der Waals surface area contributed by atoms with E-state index in [0.717, 1.165) is 17.1 Å². The van der Waals surface area contributed by atoms with Gasteiger partial charge in [0.25, 0.3) is 0 Å². The second-order valence-electron chi connectivity index (χ2n) is 4.41. The van der Waals surface area contributed by atoms with Crippen LogP contribution in [0.15, 0.2) is 36.9 Å². The standard InChI is InChI=1S/C14H15N5O/c1-10-2-4-11(5-3-10)20-7-6-15-13-12-14(17-8-16-12)19-9-18-13/h2-5,8-9H,6-7H2,1H3,(H2,15,16,17,18,19). The lowest BCUT2D eigenvalue weighted by Gasteiger charge is -2.08. The van der Waals surface area contributed by atoms with Crippen LogP contribution in [0.2, 0.25) is 0 Å². The van der Waals surface area contributed by atoms with Gasteiger partial charge in [-0.1, -0.05) is 17.7 Å². The number of nitrogens with one attached hydrogen (secondary N) is 2. The van der Waals surface area contributed by atoms with Crippen molar-refractivity contribution in [2.45, 2.75) is 6.92 Å². The number of hydrogen-bond donors (Lipinski definition) is 2. The normalized spacial score (nSPS) is 10.7. The summed E-state index contributed by atoms with van der Waals surface area (Å²) in [6, 6.07) is 7.99. The van der Waals surface area contributed by atoms with Gasteiger partial charge in [0, 0.05) is 0 Å². The molecule has 2 heterocycles. The Morgan fingerprint density at radius 3 is 2.85 bits per heavy atom. The maximum absolute atomic E-state index is 5.64. The van der Waals surface area contributed by atoms with Gasteiger partial charge in [-0.05, 0) is 19.1 Å². The molecule has 2 aromatic heterocycles. The summed E-state index contributed by atoms with van der Waals surface area (Å²) >= 11 is 0. The predicted molar refractivity (Wildman–Crippen MR) is 76.8 cm³/mol. The zero-order chi connectivity index (χ0) is 13.8. The Hall–Kier alpha value is -2.63. The predicted octanol–water partition coefficient (Wildman–Crippen LogP) is 2.15. The Morgan fingerprint density at radius 1 is 1.15 bits per heavy atom. The minimum Gasteiger partial charge on any atom is -0.492 e. The number of benzene rings is 1. The number of fused-ring (bicyclic) bond motifs is 1. The molecule has 3 rings (SSSR count). The third-order valence-corrected chi connectivity index (χ3v) is 2.91. The summed E-state index contributed by atoms with van der Waals surface area (Å²) in [4.78, 5) is 15.3. The van der Waals surface area contributed by atoms with Gasteiger partial charge in [0.05, 0.1) is 12.9 Å². The quantitative estimate of drug-likeness (QED) is 0.694. The highest BCUT2D eigenvalue weighted by Crippen LogP contribution is 2.14. The summed E-state index contributed by atoms with van der Waals surface area (Å²) in [6.45, 7) is 3.26. The van der Waals surface area contributed by atoms with E-state index in [9.17, 15) is 0 Å². The number of imidazole rings is 1. The molecule has 2 N–H and O–H groups in total.